The van der Waals surface area contributed by atoms with Crippen molar-refractivity contribution in [2.45, 2.75) is 0 Å². The predicted octanol–water partition coefficient (Wildman–Crippen LogP) is 2.31. The van der Waals surface area contributed by atoms with Crippen molar-refractivity contribution >= 4 is 42.6 Å². The number of hydrogen-bond donors (Lipinski definition) is 2. The van der Waals surface area contributed by atoms with E-state index in [1.165, 1.54) is 0 Å². The summed E-state index contributed by atoms with van der Waals surface area (Å²) >= 11 is 6.60. The first-order valence-electron chi connectivity index (χ1n) is 2.71. The average molecular weight is 230 g/mol. The number of rotatable bonds is 2. The van der Waals surface area contributed by atoms with E-state index in [9.17, 15) is 4.57 Å². The SMILES string of the molecule is O=P(O)(S)OC1=CSCSC1. The molecule has 3 nitrogen and oxygen atoms in total. The average Bonchev–Trinajstić information content (AvgIpc) is 1.85. The van der Waals surface area contributed by atoms with Crippen LogP contribution in [0.1, 0.15) is 0 Å². The second-order valence-electron chi connectivity index (χ2n) is 1.80. The van der Waals surface area contributed by atoms with Gasteiger partial charge in [0.15, 0.2) is 0 Å². The Kier molecular flexibility index (Phi) is 3.71. The van der Waals surface area contributed by atoms with Crippen molar-refractivity contribution in [3.05, 3.63) is 11.2 Å². The van der Waals surface area contributed by atoms with E-state index in [0.29, 0.717) is 11.5 Å². The Balaban J connectivity index is 2.48. The van der Waals surface area contributed by atoms with Crippen LogP contribution in [0.3, 0.4) is 0 Å². The highest BCUT2D eigenvalue weighted by Crippen LogP contribution is 2.50. The van der Waals surface area contributed by atoms with Gasteiger partial charge in [-0.05, 0) is 12.2 Å². The number of thiol groups is 1. The largest absolute Gasteiger partial charge is 0.434 e. The lowest BCUT2D eigenvalue weighted by Gasteiger charge is -2.13. The molecule has 1 aliphatic heterocycles. The van der Waals surface area contributed by atoms with Crippen LogP contribution in [0.4, 0.5) is 0 Å². The minimum atomic E-state index is -3.63. The van der Waals surface area contributed by atoms with Gasteiger partial charge in [0.2, 0.25) is 0 Å². The van der Waals surface area contributed by atoms with Gasteiger partial charge in [-0.25, -0.2) is 4.57 Å². The van der Waals surface area contributed by atoms with Crippen LogP contribution in [0.25, 0.3) is 0 Å². The van der Waals surface area contributed by atoms with Crippen molar-refractivity contribution in [2.75, 3.05) is 10.8 Å². The quantitative estimate of drug-likeness (QED) is 0.563. The molecule has 7 heteroatoms. The second-order valence-corrected chi connectivity index (χ2v) is 6.69. The summed E-state index contributed by atoms with van der Waals surface area (Å²) in [4.78, 5) is 8.71. The van der Waals surface area contributed by atoms with Gasteiger partial charge in [-0.3, -0.25) is 0 Å². The molecular weight excluding hydrogens is 223 g/mol. The van der Waals surface area contributed by atoms with Gasteiger partial charge in [0.25, 0.3) is 0 Å². The molecule has 1 heterocycles. The van der Waals surface area contributed by atoms with Crippen molar-refractivity contribution in [1.82, 2.24) is 0 Å². The van der Waals surface area contributed by atoms with E-state index in [1.54, 1.807) is 28.9 Å². The summed E-state index contributed by atoms with van der Waals surface area (Å²) in [5.41, 5.74) is 0. The third-order valence-electron chi connectivity index (χ3n) is 0.847. The Morgan fingerprint density at radius 3 is 3.00 bits per heavy atom. The van der Waals surface area contributed by atoms with Crippen LogP contribution in [0.5, 0.6) is 0 Å². The van der Waals surface area contributed by atoms with E-state index in [4.69, 9.17) is 4.89 Å². The van der Waals surface area contributed by atoms with Crippen molar-refractivity contribution < 1.29 is 14.0 Å². The maximum atomic E-state index is 10.6. The van der Waals surface area contributed by atoms with E-state index in [0.717, 1.165) is 5.08 Å². The molecule has 0 aliphatic carbocycles. The van der Waals surface area contributed by atoms with Crippen molar-refractivity contribution in [1.29, 1.82) is 0 Å². The maximum Gasteiger partial charge on any atom is 0.434 e. The summed E-state index contributed by atoms with van der Waals surface area (Å²) in [5, 5.41) is 2.71. The molecule has 0 bridgehead atoms. The molecule has 0 saturated carbocycles. The van der Waals surface area contributed by atoms with Crippen LogP contribution >= 0.6 is 42.6 Å². The third-order valence-corrected chi connectivity index (χ3v) is 3.69. The lowest BCUT2D eigenvalue weighted by atomic mass is 10.7. The molecule has 1 N–H and O–H groups in total. The fourth-order valence-corrected chi connectivity index (χ4v) is 3.20. The molecule has 1 aliphatic rings. The normalized spacial score (nSPS) is 23.6. The fourth-order valence-electron chi connectivity index (χ4n) is 0.552. The van der Waals surface area contributed by atoms with E-state index in [1.807, 2.05) is 0 Å². The van der Waals surface area contributed by atoms with Gasteiger partial charge < -0.3 is 9.42 Å². The highest BCUT2D eigenvalue weighted by Gasteiger charge is 2.16. The zero-order valence-electron chi connectivity index (χ0n) is 5.47. The first kappa shape index (κ1) is 9.86. The highest BCUT2D eigenvalue weighted by atomic mass is 32.7. The Morgan fingerprint density at radius 2 is 2.55 bits per heavy atom. The van der Waals surface area contributed by atoms with E-state index < -0.39 is 6.80 Å². The fraction of sp³-hybridized carbons (Fsp3) is 0.500. The molecule has 11 heavy (non-hydrogen) atoms. The van der Waals surface area contributed by atoms with Gasteiger partial charge in [0.05, 0.1) is 5.75 Å². The second kappa shape index (κ2) is 4.14. The molecule has 64 valence electrons. The van der Waals surface area contributed by atoms with Gasteiger partial charge in [0.1, 0.15) is 5.76 Å². The molecule has 1 rings (SSSR count). The first-order valence-corrected chi connectivity index (χ1v) is 7.65. The standard InChI is InChI=1S/C4H7O3PS3/c5-8(6,9)7-4-1-10-3-11-2-4/h1H,2-3H2,(H2,5,6,9). The molecule has 0 radical (unpaired) electrons. The smallest absolute Gasteiger partial charge is 0.420 e. The van der Waals surface area contributed by atoms with Crippen LogP contribution in [0.2, 0.25) is 0 Å². The summed E-state index contributed by atoms with van der Waals surface area (Å²) in [6, 6.07) is 0. The lowest BCUT2D eigenvalue weighted by molar-refractivity contribution is 0.348. The van der Waals surface area contributed by atoms with Gasteiger partial charge in [-0.2, -0.15) is 0 Å². The van der Waals surface area contributed by atoms with Crippen LogP contribution in [-0.4, -0.2) is 15.7 Å². The number of hydrogen-bond acceptors (Lipinski definition) is 4. The Morgan fingerprint density at radius 1 is 1.82 bits per heavy atom. The Bertz CT molecular complexity index is 211. The van der Waals surface area contributed by atoms with Crippen molar-refractivity contribution in [3.63, 3.8) is 0 Å². The molecule has 1 unspecified atom stereocenters. The van der Waals surface area contributed by atoms with E-state index in [2.05, 4.69) is 16.8 Å². The van der Waals surface area contributed by atoms with Crippen molar-refractivity contribution in [3.8, 4) is 0 Å². The molecule has 1 atom stereocenters. The topological polar surface area (TPSA) is 46.5 Å². The van der Waals surface area contributed by atoms with Gasteiger partial charge in [-0.15, -0.1) is 23.5 Å². The van der Waals surface area contributed by atoms with Crippen molar-refractivity contribution in [2.24, 2.45) is 0 Å². The third kappa shape index (κ3) is 4.38. The van der Waals surface area contributed by atoms with E-state index >= 15 is 0 Å². The van der Waals surface area contributed by atoms with Crippen LogP contribution in [-0.2, 0) is 9.09 Å². The molecule has 0 amide bonds. The highest BCUT2D eigenvalue weighted by molar-refractivity contribution is 8.44. The minimum Gasteiger partial charge on any atom is -0.420 e. The molecule has 0 spiro atoms. The number of thioether (sulfide) groups is 2. The molecular formula is C4H7O3PS3. The van der Waals surface area contributed by atoms with Crippen LogP contribution in [0, 0.1) is 0 Å². The van der Waals surface area contributed by atoms with Gasteiger partial charge >= 0.3 is 6.80 Å². The Labute approximate surface area is 78.7 Å². The summed E-state index contributed by atoms with van der Waals surface area (Å²) in [7, 11) is 0. The monoisotopic (exact) mass is 230 g/mol. The molecule has 0 aromatic heterocycles. The van der Waals surface area contributed by atoms with Crippen LogP contribution < -0.4 is 0 Å². The molecule has 0 saturated heterocycles. The summed E-state index contributed by atoms with van der Waals surface area (Å²) in [6.07, 6.45) is 0. The minimum absolute atomic E-state index is 0.534. The van der Waals surface area contributed by atoms with Crippen LogP contribution in [0.15, 0.2) is 11.2 Å². The first-order chi connectivity index (χ1) is 5.08. The molecule has 0 fully saturated rings. The summed E-state index contributed by atoms with van der Waals surface area (Å²) in [6.45, 7) is -3.63. The molecule has 0 aromatic rings. The molecule has 0 aromatic carbocycles. The maximum absolute atomic E-state index is 10.6. The lowest BCUT2D eigenvalue weighted by Crippen LogP contribution is -1.94. The summed E-state index contributed by atoms with van der Waals surface area (Å²) in [5.74, 6) is 1.19. The zero-order chi connectivity index (χ0) is 8.32. The van der Waals surface area contributed by atoms with E-state index in [-0.39, 0.29) is 0 Å². The summed E-state index contributed by atoms with van der Waals surface area (Å²) < 4.78 is 15.3. The van der Waals surface area contributed by atoms with Gasteiger partial charge in [-0.1, -0.05) is 0 Å². The van der Waals surface area contributed by atoms with Gasteiger partial charge in [0, 0.05) is 10.5 Å². The zero-order valence-corrected chi connectivity index (χ0v) is 8.89. The predicted molar refractivity (Wildman–Crippen MR) is 52.9 cm³/mol. The Hall–Kier alpha value is 0.780.